The van der Waals surface area contributed by atoms with E-state index in [1.54, 1.807) is 0 Å². The van der Waals surface area contributed by atoms with Crippen molar-refractivity contribution in [2.45, 2.75) is 25.8 Å². The molecule has 0 atom stereocenters. The summed E-state index contributed by atoms with van der Waals surface area (Å²) in [5.74, 6) is 0. The molecule has 1 aromatic carbocycles. The molecule has 0 bridgehead atoms. The lowest BCUT2D eigenvalue weighted by atomic mass is 10.0. The summed E-state index contributed by atoms with van der Waals surface area (Å²) >= 11 is 0. The van der Waals surface area contributed by atoms with Gasteiger partial charge in [-0.2, -0.15) is 0 Å². The van der Waals surface area contributed by atoms with Crippen molar-refractivity contribution in [3.8, 4) is 0 Å². The second-order valence-electron chi connectivity index (χ2n) is 4.26. The fourth-order valence-corrected chi connectivity index (χ4v) is 2.44. The monoisotopic (exact) mass is 200 g/mol. The fraction of sp³-hybridized carbons (Fsp3) is 0.385. The molecule has 0 amide bonds. The van der Waals surface area contributed by atoms with E-state index in [1.165, 1.54) is 41.4 Å². The number of aryl methyl sites for hydroxylation is 1. The number of nitrogens with one attached hydrogen (secondary N) is 2. The molecule has 2 nitrogen and oxygen atoms in total. The highest BCUT2D eigenvalue weighted by atomic mass is 14.9. The molecule has 1 aromatic heterocycles. The Bertz CT molecular complexity index is 470. The second-order valence-corrected chi connectivity index (χ2v) is 4.26. The number of H-pyrrole nitrogens is 1. The summed E-state index contributed by atoms with van der Waals surface area (Å²) in [7, 11) is 0. The standard InChI is InChI=1S/C13H16N2/c1-2-6-12-10(5-1)11-9-14-8-4-3-7-13(11)15-12/h1-2,5-6,14-15H,3-4,7-9H2. The molecular weight excluding hydrogens is 184 g/mol. The summed E-state index contributed by atoms with van der Waals surface area (Å²) < 4.78 is 0. The Hall–Kier alpha value is -1.28. The molecule has 0 radical (unpaired) electrons. The number of hydrogen-bond donors (Lipinski definition) is 2. The van der Waals surface area contributed by atoms with Crippen LogP contribution in [0.15, 0.2) is 24.3 Å². The van der Waals surface area contributed by atoms with Gasteiger partial charge in [-0.25, -0.2) is 0 Å². The van der Waals surface area contributed by atoms with Gasteiger partial charge in [0.1, 0.15) is 0 Å². The van der Waals surface area contributed by atoms with Gasteiger partial charge in [-0.15, -0.1) is 0 Å². The lowest BCUT2D eigenvalue weighted by Gasteiger charge is -2.10. The SMILES string of the molecule is c1ccc2c3c([nH]c2c1)CCCCNC3. The number of para-hydroxylation sites is 1. The van der Waals surface area contributed by atoms with E-state index in [1.807, 2.05) is 0 Å². The molecule has 2 heteroatoms. The van der Waals surface area contributed by atoms with Crippen molar-refractivity contribution in [1.29, 1.82) is 0 Å². The Morgan fingerprint density at radius 2 is 2.00 bits per heavy atom. The maximum atomic E-state index is 3.54. The van der Waals surface area contributed by atoms with Crippen LogP contribution in [-0.4, -0.2) is 11.5 Å². The lowest BCUT2D eigenvalue weighted by Crippen LogP contribution is -2.18. The molecule has 0 fully saturated rings. The minimum atomic E-state index is 1.01. The first-order valence-corrected chi connectivity index (χ1v) is 5.74. The van der Waals surface area contributed by atoms with E-state index in [0.29, 0.717) is 0 Å². The van der Waals surface area contributed by atoms with Crippen LogP contribution in [0.2, 0.25) is 0 Å². The van der Waals surface area contributed by atoms with E-state index in [0.717, 1.165) is 13.1 Å². The molecule has 2 N–H and O–H groups in total. The molecule has 2 heterocycles. The van der Waals surface area contributed by atoms with Gasteiger partial charge in [-0.05, 0) is 37.4 Å². The zero-order valence-corrected chi connectivity index (χ0v) is 8.84. The van der Waals surface area contributed by atoms with Crippen LogP contribution in [0, 0.1) is 0 Å². The van der Waals surface area contributed by atoms with Gasteiger partial charge in [0.25, 0.3) is 0 Å². The highest BCUT2D eigenvalue weighted by Gasteiger charge is 2.11. The molecule has 0 spiro atoms. The molecule has 3 rings (SSSR count). The van der Waals surface area contributed by atoms with E-state index < -0.39 is 0 Å². The summed E-state index contributed by atoms with van der Waals surface area (Å²) in [6, 6.07) is 8.60. The summed E-state index contributed by atoms with van der Waals surface area (Å²) in [6.45, 7) is 2.16. The summed E-state index contributed by atoms with van der Waals surface area (Å²) in [6.07, 6.45) is 3.77. The van der Waals surface area contributed by atoms with Crippen molar-refractivity contribution in [3.63, 3.8) is 0 Å². The molecule has 1 aliphatic rings. The molecule has 0 saturated heterocycles. The lowest BCUT2D eigenvalue weighted by molar-refractivity contribution is 0.597. The van der Waals surface area contributed by atoms with Crippen LogP contribution < -0.4 is 5.32 Å². The summed E-state index contributed by atoms with van der Waals surface area (Å²) in [5, 5.41) is 4.89. The zero-order chi connectivity index (χ0) is 10.1. The van der Waals surface area contributed by atoms with Gasteiger partial charge in [0.15, 0.2) is 0 Å². The van der Waals surface area contributed by atoms with Crippen LogP contribution >= 0.6 is 0 Å². The van der Waals surface area contributed by atoms with Crippen molar-refractivity contribution in [3.05, 3.63) is 35.5 Å². The van der Waals surface area contributed by atoms with E-state index in [-0.39, 0.29) is 0 Å². The number of aromatic nitrogens is 1. The van der Waals surface area contributed by atoms with E-state index in [9.17, 15) is 0 Å². The van der Waals surface area contributed by atoms with Gasteiger partial charge in [-0.1, -0.05) is 18.2 Å². The van der Waals surface area contributed by atoms with Crippen LogP contribution in [0.25, 0.3) is 10.9 Å². The molecule has 78 valence electrons. The first-order chi connectivity index (χ1) is 7.45. The first kappa shape index (κ1) is 8.98. The van der Waals surface area contributed by atoms with Crippen LogP contribution in [0.1, 0.15) is 24.1 Å². The number of hydrogen-bond acceptors (Lipinski definition) is 1. The van der Waals surface area contributed by atoms with Crippen molar-refractivity contribution in [2.24, 2.45) is 0 Å². The van der Waals surface area contributed by atoms with Crippen molar-refractivity contribution in [1.82, 2.24) is 10.3 Å². The number of rotatable bonds is 0. The largest absolute Gasteiger partial charge is 0.358 e. The van der Waals surface area contributed by atoms with Crippen LogP contribution in [-0.2, 0) is 13.0 Å². The van der Waals surface area contributed by atoms with Gasteiger partial charge in [0.05, 0.1) is 0 Å². The maximum absolute atomic E-state index is 3.54. The van der Waals surface area contributed by atoms with Crippen molar-refractivity contribution < 1.29 is 0 Å². The minimum Gasteiger partial charge on any atom is -0.358 e. The van der Waals surface area contributed by atoms with Gasteiger partial charge in [0, 0.05) is 23.1 Å². The third kappa shape index (κ3) is 1.55. The smallest absolute Gasteiger partial charge is 0.0459 e. The van der Waals surface area contributed by atoms with Gasteiger partial charge in [0.2, 0.25) is 0 Å². The third-order valence-corrected chi connectivity index (χ3v) is 3.23. The molecule has 0 unspecified atom stereocenters. The quantitative estimate of drug-likeness (QED) is 0.672. The number of aromatic amines is 1. The van der Waals surface area contributed by atoms with Gasteiger partial charge < -0.3 is 10.3 Å². The summed E-state index contributed by atoms with van der Waals surface area (Å²) in [5.41, 5.74) is 4.19. The Balaban J connectivity index is 2.15. The first-order valence-electron chi connectivity index (χ1n) is 5.74. The van der Waals surface area contributed by atoms with E-state index in [2.05, 4.69) is 34.6 Å². The zero-order valence-electron chi connectivity index (χ0n) is 8.84. The minimum absolute atomic E-state index is 1.01. The van der Waals surface area contributed by atoms with E-state index in [4.69, 9.17) is 0 Å². The fourth-order valence-electron chi connectivity index (χ4n) is 2.44. The molecule has 0 saturated carbocycles. The Labute approximate surface area is 89.7 Å². The highest BCUT2D eigenvalue weighted by molar-refractivity contribution is 5.84. The molecule has 15 heavy (non-hydrogen) atoms. The van der Waals surface area contributed by atoms with Gasteiger partial charge >= 0.3 is 0 Å². The molecule has 2 aromatic rings. The normalized spacial score (nSPS) is 17.1. The number of fused-ring (bicyclic) bond motifs is 3. The molecule has 1 aliphatic heterocycles. The van der Waals surface area contributed by atoms with E-state index >= 15 is 0 Å². The van der Waals surface area contributed by atoms with Crippen molar-refractivity contribution in [2.75, 3.05) is 6.54 Å². The van der Waals surface area contributed by atoms with Crippen LogP contribution in [0.4, 0.5) is 0 Å². The predicted octanol–water partition coefficient (Wildman–Crippen LogP) is 2.59. The highest BCUT2D eigenvalue weighted by Crippen LogP contribution is 2.24. The number of benzene rings is 1. The Morgan fingerprint density at radius 3 is 3.00 bits per heavy atom. The van der Waals surface area contributed by atoms with Crippen molar-refractivity contribution >= 4 is 10.9 Å². The van der Waals surface area contributed by atoms with Crippen LogP contribution in [0.5, 0.6) is 0 Å². The average Bonchev–Trinajstić information content (AvgIpc) is 2.55. The second kappa shape index (κ2) is 3.70. The molecular formula is C13H16N2. The van der Waals surface area contributed by atoms with Gasteiger partial charge in [-0.3, -0.25) is 0 Å². The maximum Gasteiger partial charge on any atom is 0.0459 e. The topological polar surface area (TPSA) is 27.8 Å². The van der Waals surface area contributed by atoms with Crippen LogP contribution in [0.3, 0.4) is 0 Å². The Kier molecular flexibility index (Phi) is 2.22. The summed E-state index contributed by atoms with van der Waals surface area (Å²) in [4.78, 5) is 3.54. The molecule has 0 aliphatic carbocycles. The average molecular weight is 200 g/mol. The Morgan fingerprint density at radius 1 is 1.07 bits per heavy atom. The third-order valence-electron chi connectivity index (χ3n) is 3.23. The predicted molar refractivity (Wildman–Crippen MR) is 62.9 cm³/mol.